The van der Waals surface area contributed by atoms with Gasteiger partial charge in [0, 0.05) is 18.7 Å². The topological polar surface area (TPSA) is 53.3 Å². The maximum atomic E-state index is 12.5. The highest BCUT2D eigenvalue weighted by Gasteiger charge is 2.16. The Labute approximate surface area is 136 Å². The Bertz CT molecular complexity index is 675. The van der Waals surface area contributed by atoms with Gasteiger partial charge in [0.25, 0.3) is 5.91 Å². The van der Waals surface area contributed by atoms with Crippen molar-refractivity contribution in [1.82, 2.24) is 4.90 Å². The number of hydrogen-bond acceptors (Lipinski definition) is 3. The van der Waals surface area contributed by atoms with Crippen LogP contribution in [-0.4, -0.2) is 23.9 Å². The van der Waals surface area contributed by atoms with E-state index in [0.29, 0.717) is 24.4 Å². The molecule has 0 aromatic heterocycles. The van der Waals surface area contributed by atoms with E-state index in [-0.39, 0.29) is 11.8 Å². The van der Waals surface area contributed by atoms with E-state index in [0.717, 1.165) is 5.75 Å². The van der Waals surface area contributed by atoms with Crippen LogP contribution in [0.4, 0.5) is 0 Å². The van der Waals surface area contributed by atoms with E-state index in [1.165, 1.54) is 0 Å². The van der Waals surface area contributed by atoms with Gasteiger partial charge in [-0.15, -0.1) is 0 Å². The quantitative estimate of drug-likeness (QED) is 0.807. The smallest absolute Gasteiger partial charge is 0.253 e. The number of nitriles is 1. The van der Waals surface area contributed by atoms with Crippen LogP contribution in [-0.2, 0) is 0 Å². The Balaban J connectivity index is 2.06. The Morgan fingerprint density at radius 1 is 1.13 bits per heavy atom. The van der Waals surface area contributed by atoms with Gasteiger partial charge in [0.2, 0.25) is 0 Å². The van der Waals surface area contributed by atoms with Crippen molar-refractivity contribution < 1.29 is 9.53 Å². The van der Waals surface area contributed by atoms with Crippen LogP contribution in [0.25, 0.3) is 0 Å². The van der Waals surface area contributed by atoms with Gasteiger partial charge in [-0.3, -0.25) is 4.79 Å². The summed E-state index contributed by atoms with van der Waals surface area (Å²) < 4.78 is 5.71. The van der Waals surface area contributed by atoms with Crippen LogP contribution in [0.3, 0.4) is 0 Å². The molecule has 0 radical (unpaired) electrons. The third-order valence-electron chi connectivity index (χ3n) is 3.46. The molecule has 1 amide bonds. The van der Waals surface area contributed by atoms with Crippen molar-refractivity contribution in [2.45, 2.75) is 13.8 Å². The van der Waals surface area contributed by atoms with Gasteiger partial charge in [0.15, 0.2) is 0 Å². The molecule has 0 aliphatic carbocycles. The van der Waals surface area contributed by atoms with E-state index in [9.17, 15) is 4.79 Å². The number of hydrogen-bond donors (Lipinski definition) is 0. The summed E-state index contributed by atoms with van der Waals surface area (Å²) >= 11 is 0. The predicted molar refractivity (Wildman–Crippen MR) is 89.3 cm³/mol. The lowest BCUT2D eigenvalue weighted by molar-refractivity contribution is 0.0752. The van der Waals surface area contributed by atoms with Gasteiger partial charge in [-0.25, -0.2) is 0 Å². The van der Waals surface area contributed by atoms with Gasteiger partial charge < -0.3 is 9.64 Å². The summed E-state index contributed by atoms with van der Waals surface area (Å²) in [7, 11) is 0. The second-order valence-electron chi connectivity index (χ2n) is 5.31. The fourth-order valence-corrected chi connectivity index (χ4v) is 2.20. The molecule has 0 aliphatic rings. The lowest BCUT2D eigenvalue weighted by atomic mass is 10.1. The average Bonchev–Trinajstić information content (AvgIpc) is 2.60. The number of nitrogens with zero attached hydrogens (tertiary/aromatic N) is 2. The van der Waals surface area contributed by atoms with Crippen LogP contribution in [0.15, 0.2) is 54.6 Å². The largest absolute Gasteiger partial charge is 0.457 e. The first kappa shape index (κ1) is 16.6. The summed E-state index contributed by atoms with van der Waals surface area (Å²) in [6.45, 7) is 4.74. The molecule has 0 N–H and O–H groups in total. The van der Waals surface area contributed by atoms with Gasteiger partial charge in [0.05, 0.1) is 12.0 Å². The fraction of sp³-hybridized carbons (Fsp3) is 0.263. The normalized spacial score (nSPS) is 11.3. The van der Waals surface area contributed by atoms with Crippen LogP contribution in [0.1, 0.15) is 24.2 Å². The fourth-order valence-electron chi connectivity index (χ4n) is 2.20. The summed E-state index contributed by atoms with van der Waals surface area (Å²) in [6, 6.07) is 18.7. The molecule has 2 aromatic rings. The Hall–Kier alpha value is -2.80. The summed E-state index contributed by atoms with van der Waals surface area (Å²) in [4.78, 5) is 14.2. The SMILES string of the molecule is CCN(CC(C)C#N)C(=O)c1ccc(Oc2ccccc2)cc1. The zero-order chi connectivity index (χ0) is 16.7. The summed E-state index contributed by atoms with van der Waals surface area (Å²) in [5.74, 6) is 1.19. The molecule has 0 bridgehead atoms. The van der Waals surface area contributed by atoms with Crippen molar-refractivity contribution in [2.24, 2.45) is 5.92 Å². The Morgan fingerprint density at radius 2 is 1.74 bits per heavy atom. The monoisotopic (exact) mass is 308 g/mol. The summed E-state index contributed by atoms with van der Waals surface area (Å²) in [5.41, 5.74) is 0.595. The van der Waals surface area contributed by atoms with E-state index in [2.05, 4.69) is 6.07 Å². The standard InChI is InChI=1S/C19H20N2O2/c1-3-21(14-15(2)13-20)19(22)16-9-11-18(12-10-16)23-17-7-5-4-6-8-17/h4-12,15H,3,14H2,1-2H3. The lowest BCUT2D eigenvalue weighted by Gasteiger charge is -2.22. The van der Waals surface area contributed by atoms with Gasteiger partial charge in [-0.2, -0.15) is 5.26 Å². The molecular weight excluding hydrogens is 288 g/mol. The first-order valence-electron chi connectivity index (χ1n) is 7.66. The van der Waals surface area contributed by atoms with Crippen LogP contribution < -0.4 is 4.74 Å². The van der Waals surface area contributed by atoms with Crippen LogP contribution in [0, 0.1) is 17.2 Å². The molecule has 0 fully saturated rings. The number of amides is 1. The summed E-state index contributed by atoms with van der Waals surface area (Å²) in [6.07, 6.45) is 0. The van der Waals surface area contributed by atoms with Gasteiger partial charge in [-0.05, 0) is 50.2 Å². The molecule has 2 rings (SSSR count). The maximum absolute atomic E-state index is 12.5. The number of ether oxygens (including phenoxy) is 1. The molecule has 1 unspecified atom stereocenters. The van der Waals surface area contributed by atoms with E-state index < -0.39 is 0 Å². The second-order valence-corrected chi connectivity index (χ2v) is 5.31. The number of para-hydroxylation sites is 1. The zero-order valence-electron chi connectivity index (χ0n) is 13.4. The second kappa shape index (κ2) is 8.00. The molecule has 23 heavy (non-hydrogen) atoms. The minimum absolute atomic E-state index is 0.0686. The molecule has 2 aromatic carbocycles. The Kier molecular flexibility index (Phi) is 5.76. The molecule has 0 spiro atoms. The average molecular weight is 308 g/mol. The van der Waals surface area contributed by atoms with E-state index in [4.69, 9.17) is 10.00 Å². The molecule has 4 nitrogen and oxygen atoms in total. The number of carbonyl (C=O) groups is 1. The summed E-state index contributed by atoms with van der Waals surface area (Å²) in [5, 5.41) is 8.90. The molecule has 0 saturated carbocycles. The molecule has 4 heteroatoms. The molecule has 0 aliphatic heterocycles. The third kappa shape index (κ3) is 4.58. The first-order chi connectivity index (χ1) is 11.1. The molecule has 118 valence electrons. The highest BCUT2D eigenvalue weighted by molar-refractivity contribution is 5.94. The molecule has 0 heterocycles. The van der Waals surface area contributed by atoms with Crippen molar-refractivity contribution >= 4 is 5.91 Å². The van der Waals surface area contributed by atoms with Gasteiger partial charge in [-0.1, -0.05) is 18.2 Å². The van der Waals surface area contributed by atoms with E-state index in [1.807, 2.05) is 44.2 Å². The first-order valence-corrected chi connectivity index (χ1v) is 7.66. The zero-order valence-corrected chi connectivity index (χ0v) is 13.4. The minimum Gasteiger partial charge on any atom is -0.457 e. The third-order valence-corrected chi connectivity index (χ3v) is 3.46. The van der Waals surface area contributed by atoms with E-state index in [1.54, 1.807) is 29.2 Å². The Morgan fingerprint density at radius 3 is 2.30 bits per heavy atom. The van der Waals surface area contributed by atoms with Crippen molar-refractivity contribution in [3.05, 3.63) is 60.2 Å². The highest BCUT2D eigenvalue weighted by atomic mass is 16.5. The van der Waals surface area contributed by atoms with Crippen molar-refractivity contribution in [2.75, 3.05) is 13.1 Å². The minimum atomic E-state index is -0.181. The van der Waals surface area contributed by atoms with Crippen LogP contribution in [0.5, 0.6) is 11.5 Å². The van der Waals surface area contributed by atoms with Gasteiger partial charge >= 0.3 is 0 Å². The van der Waals surface area contributed by atoms with Crippen LogP contribution in [0.2, 0.25) is 0 Å². The van der Waals surface area contributed by atoms with Crippen molar-refractivity contribution in [1.29, 1.82) is 5.26 Å². The van der Waals surface area contributed by atoms with E-state index >= 15 is 0 Å². The highest BCUT2D eigenvalue weighted by Crippen LogP contribution is 2.21. The molecule has 0 saturated heterocycles. The molecule has 1 atom stereocenters. The lowest BCUT2D eigenvalue weighted by Crippen LogP contribution is -2.34. The number of rotatable bonds is 6. The number of benzene rings is 2. The van der Waals surface area contributed by atoms with Crippen molar-refractivity contribution in [3.8, 4) is 17.6 Å². The predicted octanol–water partition coefficient (Wildman–Crippen LogP) is 4.10. The van der Waals surface area contributed by atoms with Crippen LogP contribution >= 0.6 is 0 Å². The molecular formula is C19H20N2O2. The maximum Gasteiger partial charge on any atom is 0.253 e. The van der Waals surface area contributed by atoms with Gasteiger partial charge in [0.1, 0.15) is 11.5 Å². The number of carbonyl (C=O) groups excluding carboxylic acids is 1. The van der Waals surface area contributed by atoms with Crippen molar-refractivity contribution in [3.63, 3.8) is 0 Å².